The fourth-order valence-electron chi connectivity index (χ4n) is 3.22. The molecule has 1 aliphatic heterocycles. The van der Waals surface area contributed by atoms with E-state index in [1.54, 1.807) is 6.08 Å². The summed E-state index contributed by atoms with van der Waals surface area (Å²) >= 11 is 0. The Morgan fingerprint density at radius 2 is 2.08 bits per heavy atom. The van der Waals surface area contributed by atoms with E-state index in [0.717, 1.165) is 19.3 Å². The number of hydrogen-bond acceptors (Lipinski definition) is 5. The third-order valence-corrected chi connectivity index (χ3v) is 4.42. The zero-order chi connectivity index (χ0) is 18.8. The highest BCUT2D eigenvalue weighted by atomic mass is 16.5. The van der Waals surface area contributed by atoms with Gasteiger partial charge < -0.3 is 14.6 Å². The highest BCUT2D eigenvalue weighted by molar-refractivity contribution is 5.82. The van der Waals surface area contributed by atoms with Crippen LogP contribution < -0.4 is 0 Å². The van der Waals surface area contributed by atoms with Crippen molar-refractivity contribution in [1.82, 2.24) is 0 Å². The summed E-state index contributed by atoms with van der Waals surface area (Å²) in [7, 11) is 0. The van der Waals surface area contributed by atoms with Gasteiger partial charge in [0, 0.05) is 32.3 Å². The van der Waals surface area contributed by atoms with Crippen LogP contribution in [-0.2, 0) is 25.5 Å². The number of aryl methyl sites for hydroxylation is 1. The molecule has 1 heterocycles. The van der Waals surface area contributed by atoms with Crippen molar-refractivity contribution in [2.24, 2.45) is 0 Å². The minimum Gasteiger partial charge on any atom is -0.462 e. The van der Waals surface area contributed by atoms with E-state index in [0.29, 0.717) is 25.7 Å². The number of benzene rings is 1. The highest BCUT2D eigenvalue weighted by Crippen LogP contribution is 2.19. The highest BCUT2D eigenvalue weighted by Gasteiger charge is 2.23. The molecule has 3 unspecified atom stereocenters. The second-order valence-corrected chi connectivity index (χ2v) is 6.79. The number of carbonyl (C=O) groups excluding carboxylic acids is 2. The molecule has 0 saturated carbocycles. The summed E-state index contributed by atoms with van der Waals surface area (Å²) in [5.74, 6) is -0.705. The predicted octanol–water partition coefficient (Wildman–Crippen LogP) is 3.34. The number of hydrogen-bond donors (Lipinski definition) is 1. The van der Waals surface area contributed by atoms with Crippen LogP contribution in [-0.4, -0.2) is 35.4 Å². The molecule has 0 saturated heterocycles. The number of aliphatic hydroxyl groups is 1. The third kappa shape index (κ3) is 7.83. The smallest absolute Gasteiger partial charge is 0.330 e. The van der Waals surface area contributed by atoms with Crippen LogP contribution in [0.4, 0.5) is 0 Å². The Balaban J connectivity index is 1.73. The van der Waals surface area contributed by atoms with Crippen LogP contribution in [0, 0.1) is 0 Å². The van der Waals surface area contributed by atoms with Crippen LogP contribution in [0.25, 0.3) is 0 Å². The Labute approximate surface area is 155 Å². The molecule has 5 nitrogen and oxygen atoms in total. The first-order valence-corrected chi connectivity index (χ1v) is 9.29. The van der Waals surface area contributed by atoms with Crippen molar-refractivity contribution < 1.29 is 24.2 Å². The lowest BCUT2D eigenvalue weighted by atomic mass is 9.98. The minimum atomic E-state index is -0.669. The summed E-state index contributed by atoms with van der Waals surface area (Å²) < 4.78 is 10.5. The second-order valence-electron chi connectivity index (χ2n) is 6.79. The number of aliphatic hydroxyl groups excluding tert-OH is 1. The number of cyclic esters (lactones) is 1. The number of esters is 2. The van der Waals surface area contributed by atoms with Crippen molar-refractivity contribution >= 4 is 11.9 Å². The Hall–Kier alpha value is -2.14. The first-order valence-electron chi connectivity index (χ1n) is 9.29. The van der Waals surface area contributed by atoms with Gasteiger partial charge in [-0.05, 0) is 31.2 Å². The van der Waals surface area contributed by atoms with Gasteiger partial charge in [0.25, 0.3) is 0 Å². The van der Waals surface area contributed by atoms with Crippen LogP contribution in [0.5, 0.6) is 0 Å². The standard InChI is InChI=1S/C21H28O5/c1-16(22)25-19(11-6-5-10-17-8-3-2-4-9-17)14-18(23)15-20-12-7-13-21(24)26-20/h2-4,7-9,13,18-20,23H,5-6,10-12,14-15H2,1H3. The fraction of sp³-hybridized carbons (Fsp3) is 0.524. The lowest BCUT2D eigenvalue weighted by Crippen LogP contribution is -2.29. The Bertz CT molecular complexity index is 596. The molecule has 0 bridgehead atoms. The van der Waals surface area contributed by atoms with E-state index in [-0.39, 0.29) is 24.1 Å². The quantitative estimate of drug-likeness (QED) is 0.512. The number of carbonyl (C=O) groups is 2. The van der Waals surface area contributed by atoms with Crippen molar-refractivity contribution in [1.29, 1.82) is 0 Å². The third-order valence-electron chi connectivity index (χ3n) is 4.42. The first kappa shape index (κ1) is 20.2. The SMILES string of the molecule is CC(=O)OC(CCCCc1ccccc1)CC(O)CC1CC=CC(=O)O1. The Morgan fingerprint density at radius 3 is 2.77 bits per heavy atom. The molecule has 0 aliphatic carbocycles. The van der Waals surface area contributed by atoms with Crippen molar-refractivity contribution in [2.45, 2.75) is 70.2 Å². The maximum absolute atomic E-state index is 11.3. The largest absolute Gasteiger partial charge is 0.462 e. The molecule has 0 amide bonds. The van der Waals surface area contributed by atoms with Gasteiger partial charge in [-0.1, -0.05) is 36.4 Å². The van der Waals surface area contributed by atoms with E-state index in [1.807, 2.05) is 18.2 Å². The number of unbranched alkanes of at least 4 members (excludes halogenated alkanes) is 1. The van der Waals surface area contributed by atoms with Gasteiger partial charge >= 0.3 is 11.9 Å². The molecule has 26 heavy (non-hydrogen) atoms. The molecule has 1 aliphatic rings. The van der Waals surface area contributed by atoms with E-state index in [1.165, 1.54) is 18.6 Å². The average molecular weight is 360 g/mol. The zero-order valence-electron chi connectivity index (χ0n) is 15.3. The number of rotatable bonds is 10. The van der Waals surface area contributed by atoms with Gasteiger partial charge in [-0.25, -0.2) is 4.79 Å². The molecule has 3 atom stereocenters. The summed E-state index contributed by atoms with van der Waals surface area (Å²) in [5, 5.41) is 10.3. The number of ether oxygens (including phenoxy) is 2. The van der Waals surface area contributed by atoms with Crippen LogP contribution in [0.15, 0.2) is 42.5 Å². The normalized spacial score (nSPS) is 18.8. The molecule has 5 heteroatoms. The van der Waals surface area contributed by atoms with E-state index >= 15 is 0 Å². The molecular weight excluding hydrogens is 332 g/mol. The van der Waals surface area contributed by atoms with Gasteiger partial charge in [0.1, 0.15) is 12.2 Å². The van der Waals surface area contributed by atoms with Crippen LogP contribution >= 0.6 is 0 Å². The molecule has 0 radical (unpaired) electrons. The summed E-state index contributed by atoms with van der Waals surface area (Å²) in [6.45, 7) is 1.39. The molecule has 1 aromatic rings. The topological polar surface area (TPSA) is 72.8 Å². The van der Waals surface area contributed by atoms with Crippen molar-refractivity contribution in [3.8, 4) is 0 Å². The lowest BCUT2D eigenvalue weighted by Gasteiger charge is -2.24. The first-order chi connectivity index (χ1) is 12.5. The van der Waals surface area contributed by atoms with E-state index < -0.39 is 6.10 Å². The van der Waals surface area contributed by atoms with Crippen LogP contribution in [0.1, 0.15) is 51.0 Å². The summed E-state index contributed by atoms with van der Waals surface area (Å²) in [5.41, 5.74) is 1.30. The van der Waals surface area contributed by atoms with Crippen LogP contribution in [0.3, 0.4) is 0 Å². The second kappa shape index (κ2) is 10.8. The lowest BCUT2D eigenvalue weighted by molar-refractivity contribution is -0.148. The van der Waals surface area contributed by atoms with E-state index in [9.17, 15) is 14.7 Å². The van der Waals surface area contributed by atoms with Gasteiger partial charge in [-0.2, -0.15) is 0 Å². The van der Waals surface area contributed by atoms with Gasteiger partial charge in [0.05, 0.1) is 6.10 Å². The summed E-state index contributed by atoms with van der Waals surface area (Å²) in [4.78, 5) is 22.6. The molecule has 142 valence electrons. The van der Waals surface area contributed by atoms with Crippen molar-refractivity contribution in [3.05, 3.63) is 48.0 Å². The van der Waals surface area contributed by atoms with Gasteiger partial charge in [-0.3, -0.25) is 4.79 Å². The summed E-state index contributed by atoms with van der Waals surface area (Å²) in [6, 6.07) is 10.3. The zero-order valence-corrected chi connectivity index (χ0v) is 15.3. The maximum atomic E-state index is 11.3. The van der Waals surface area contributed by atoms with Crippen molar-refractivity contribution in [2.75, 3.05) is 0 Å². The van der Waals surface area contributed by atoms with Gasteiger partial charge in [0.2, 0.25) is 0 Å². The molecular formula is C21H28O5. The fourth-order valence-corrected chi connectivity index (χ4v) is 3.22. The molecule has 1 N–H and O–H groups in total. The molecule has 0 spiro atoms. The van der Waals surface area contributed by atoms with Crippen molar-refractivity contribution in [3.63, 3.8) is 0 Å². The molecule has 2 rings (SSSR count). The minimum absolute atomic E-state index is 0.307. The van der Waals surface area contributed by atoms with Gasteiger partial charge in [0.15, 0.2) is 0 Å². The monoisotopic (exact) mass is 360 g/mol. The van der Waals surface area contributed by atoms with E-state index in [2.05, 4.69) is 12.1 Å². The van der Waals surface area contributed by atoms with Gasteiger partial charge in [-0.15, -0.1) is 0 Å². The molecule has 1 aromatic carbocycles. The van der Waals surface area contributed by atoms with E-state index in [4.69, 9.17) is 9.47 Å². The average Bonchev–Trinajstić information content (AvgIpc) is 2.59. The summed E-state index contributed by atoms with van der Waals surface area (Å²) in [6.07, 6.45) is 6.83. The Kier molecular flexibility index (Phi) is 8.35. The maximum Gasteiger partial charge on any atom is 0.330 e. The Morgan fingerprint density at radius 1 is 1.31 bits per heavy atom. The molecule has 0 aromatic heterocycles. The predicted molar refractivity (Wildman–Crippen MR) is 98.4 cm³/mol. The van der Waals surface area contributed by atoms with Crippen LogP contribution in [0.2, 0.25) is 0 Å². The molecule has 0 fully saturated rings.